The zero-order chi connectivity index (χ0) is 14.5. The molecule has 1 aliphatic heterocycles. The Morgan fingerprint density at radius 3 is 2.70 bits per heavy atom. The van der Waals surface area contributed by atoms with Crippen molar-refractivity contribution in [3.63, 3.8) is 0 Å². The highest BCUT2D eigenvalue weighted by molar-refractivity contribution is 14.1. The van der Waals surface area contributed by atoms with Gasteiger partial charge in [-0.2, -0.15) is 0 Å². The summed E-state index contributed by atoms with van der Waals surface area (Å²) in [6, 6.07) is 2.47. The van der Waals surface area contributed by atoms with Crippen LogP contribution in [0.5, 0.6) is 0 Å². The van der Waals surface area contributed by atoms with Gasteiger partial charge in [0.1, 0.15) is 11.5 Å². The van der Waals surface area contributed by atoms with Crippen LogP contribution in [0, 0.1) is 19.5 Å². The lowest BCUT2D eigenvalue weighted by atomic mass is 10.1. The van der Waals surface area contributed by atoms with Crippen LogP contribution in [0.4, 0.5) is 15.8 Å². The van der Waals surface area contributed by atoms with E-state index in [1.54, 1.807) is 22.6 Å². The minimum atomic E-state index is -0.481. The molecule has 1 fully saturated rings. The number of nitrogens with one attached hydrogen (secondary N) is 1. The molecule has 0 radical (unpaired) electrons. The summed E-state index contributed by atoms with van der Waals surface area (Å²) in [5.41, 5.74) is 0.180. The number of piperidine rings is 1. The van der Waals surface area contributed by atoms with Crippen molar-refractivity contribution in [2.45, 2.75) is 19.3 Å². The molecule has 0 amide bonds. The zero-order valence-corrected chi connectivity index (χ0v) is 13.2. The molecule has 1 aromatic rings. The molecule has 1 saturated heterocycles. The molecule has 20 heavy (non-hydrogen) atoms. The Hall–Kier alpha value is -0.960. The number of halogens is 2. The number of rotatable bonds is 5. The smallest absolute Gasteiger partial charge is 0.293 e. The Morgan fingerprint density at radius 1 is 1.35 bits per heavy atom. The second kappa shape index (κ2) is 7.16. The molecule has 1 aromatic carbocycles. The Balaban J connectivity index is 1.97. The molecule has 0 aromatic heterocycles. The van der Waals surface area contributed by atoms with Gasteiger partial charge in [-0.15, -0.1) is 0 Å². The number of nitro groups is 1. The summed E-state index contributed by atoms with van der Waals surface area (Å²) in [6.07, 6.45) is 3.69. The molecule has 0 spiro atoms. The van der Waals surface area contributed by atoms with E-state index in [1.165, 1.54) is 31.4 Å². The fraction of sp³-hybridized carbons (Fsp3) is 0.538. The van der Waals surface area contributed by atoms with Crippen LogP contribution in [0.2, 0.25) is 0 Å². The van der Waals surface area contributed by atoms with E-state index in [9.17, 15) is 14.5 Å². The van der Waals surface area contributed by atoms with Crippen LogP contribution in [0.25, 0.3) is 0 Å². The summed E-state index contributed by atoms with van der Waals surface area (Å²) in [7, 11) is 0. The van der Waals surface area contributed by atoms with Crippen molar-refractivity contribution in [2.75, 3.05) is 31.5 Å². The average Bonchev–Trinajstić information content (AvgIpc) is 2.43. The van der Waals surface area contributed by atoms with Gasteiger partial charge in [-0.25, -0.2) is 4.39 Å². The predicted molar refractivity (Wildman–Crippen MR) is 84.6 cm³/mol. The van der Waals surface area contributed by atoms with Crippen LogP contribution in [0.1, 0.15) is 19.3 Å². The van der Waals surface area contributed by atoms with Gasteiger partial charge in [0.25, 0.3) is 5.69 Å². The van der Waals surface area contributed by atoms with Crippen molar-refractivity contribution in [3.8, 4) is 0 Å². The molecule has 1 heterocycles. The van der Waals surface area contributed by atoms with Gasteiger partial charge in [-0.1, -0.05) is 6.42 Å². The third-order valence-electron chi connectivity index (χ3n) is 3.43. The Bertz CT molecular complexity index is 493. The molecule has 0 saturated carbocycles. The van der Waals surface area contributed by atoms with Crippen LogP contribution < -0.4 is 5.32 Å². The van der Waals surface area contributed by atoms with Gasteiger partial charge in [0.05, 0.1) is 8.49 Å². The molecular weight excluding hydrogens is 376 g/mol. The van der Waals surface area contributed by atoms with Crippen LogP contribution in [0.15, 0.2) is 12.1 Å². The summed E-state index contributed by atoms with van der Waals surface area (Å²) in [5, 5.41) is 14.0. The van der Waals surface area contributed by atoms with Gasteiger partial charge < -0.3 is 10.2 Å². The number of nitro benzene ring substituents is 1. The topological polar surface area (TPSA) is 58.4 Å². The highest BCUT2D eigenvalue weighted by atomic mass is 127. The quantitative estimate of drug-likeness (QED) is 0.474. The number of anilines is 1. The van der Waals surface area contributed by atoms with Crippen molar-refractivity contribution in [2.24, 2.45) is 0 Å². The molecule has 2 rings (SSSR count). The molecule has 0 bridgehead atoms. The number of benzene rings is 1. The lowest BCUT2D eigenvalue weighted by molar-refractivity contribution is -0.384. The van der Waals surface area contributed by atoms with E-state index >= 15 is 0 Å². The second-order valence-electron chi connectivity index (χ2n) is 4.87. The van der Waals surface area contributed by atoms with E-state index in [2.05, 4.69) is 10.2 Å². The van der Waals surface area contributed by atoms with E-state index in [-0.39, 0.29) is 14.9 Å². The monoisotopic (exact) mass is 393 g/mol. The minimum Gasteiger partial charge on any atom is -0.378 e. The highest BCUT2D eigenvalue weighted by Crippen LogP contribution is 2.28. The van der Waals surface area contributed by atoms with Crippen LogP contribution >= 0.6 is 22.6 Å². The first-order valence-electron chi connectivity index (χ1n) is 6.67. The molecule has 7 heteroatoms. The maximum absolute atomic E-state index is 13.5. The van der Waals surface area contributed by atoms with Crippen molar-refractivity contribution < 1.29 is 9.31 Å². The molecule has 1 N–H and O–H groups in total. The van der Waals surface area contributed by atoms with E-state index in [1.807, 2.05) is 0 Å². The predicted octanol–water partition coefficient (Wildman–Crippen LogP) is 3.24. The summed E-state index contributed by atoms with van der Waals surface area (Å²) in [4.78, 5) is 12.8. The molecule has 110 valence electrons. The van der Waals surface area contributed by atoms with Gasteiger partial charge in [0.15, 0.2) is 0 Å². The molecule has 0 unspecified atom stereocenters. The third-order valence-corrected chi connectivity index (χ3v) is 4.25. The van der Waals surface area contributed by atoms with E-state index in [4.69, 9.17) is 0 Å². The van der Waals surface area contributed by atoms with E-state index < -0.39 is 10.7 Å². The molecule has 1 aliphatic rings. The van der Waals surface area contributed by atoms with Crippen molar-refractivity contribution in [1.82, 2.24) is 4.90 Å². The van der Waals surface area contributed by atoms with Crippen LogP contribution in [0.3, 0.4) is 0 Å². The van der Waals surface area contributed by atoms with Gasteiger partial charge in [0, 0.05) is 25.2 Å². The lowest BCUT2D eigenvalue weighted by Gasteiger charge is -2.26. The number of likely N-dealkylation sites (tertiary alicyclic amines) is 1. The molecular formula is C13H17FIN3O2. The highest BCUT2D eigenvalue weighted by Gasteiger charge is 2.17. The first kappa shape index (κ1) is 15.4. The first-order chi connectivity index (χ1) is 9.58. The van der Waals surface area contributed by atoms with Gasteiger partial charge in [0.2, 0.25) is 0 Å². The lowest BCUT2D eigenvalue weighted by Crippen LogP contribution is -2.33. The third kappa shape index (κ3) is 4.02. The number of nitrogens with zero attached hydrogens (tertiary/aromatic N) is 2. The number of hydrogen-bond acceptors (Lipinski definition) is 4. The number of hydrogen-bond donors (Lipinski definition) is 1. The maximum Gasteiger partial charge on any atom is 0.293 e. The fourth-order valence-corrected chi connectivity index (χ4v) is 2.81. The molecule has 5 nitrogen and oxygen atoms in total. The standard InChI is InChI=1S/C13H17FIN3O2/c14-10-8-12(13(18(19)20)9-11(10)15)16-4-7-17-5-2-1-3-6-17/h8-9,16H,1-7H2. The Kier molecular flexibility index (Phi) is 5.53. The first-order valence-corrected chi connectivity index (χ1v) is 7.75. The van der Waals surface area contributed by atoms with Crippen molar-refractivity contribution >= 4 is 34.0 Å². The van der Waals surface area contributed by atoms with Crippen molar-refractivity contribution in [1.29, 1.82) is 0 Å². The summed E-state index contributed by atoms with van der Waals surface area (Å²) in [6.45, 7) is 3.56. The normalized spacial score (nSPS) is 16.1. The largest absolute Gasteiger partial charge is 0.378 e. The minimum absolute atomic E-state index is 0.0746. The van der Waals surface area contributed by atoms with Gasteiger partial charge in [-0.3, -0.25) is 10.1 Å². The summed E-state index contributed by atoms with van der Waals surface area (Å²) in [5.74, 6) is -0.434. The van der Waals surface area contributed by atoms with E-state index in [0.717, 1.165) is 19.6 Å². The van der Waals surface area contributed by atoms with Crippen LogP contribution in [-0.4, -0.2) is 36.0 Å². The SMILES string of the molecule is O=[N+]([O-])c1cc(I)c(F)cc1NCCN1CCCCC1. The summed E-state index contributed by atoms with van der Waals surface area (Å²) < 4.78 is 13.8. The Morgan fingerprint density at radius 2 is 2.05 bits per heavy atom. The molecule has 0 atom stereocenters. The molecule has 0 aliphatic carbocycles. The van der Waals surface area contributed by atoms with Crippen molar-refractivity contribution in [3.05, 3.63) is 31.6 Å². The maximum atomic E-state index is 13.5. The average molecular weight is 393 g/mol. The second-order valence-corrected chi connectivity index (χ2v) is 6.03. The van der Waals surface area contributed by atoms with Crippen LogP contribution in [-0.2, 0) is 0 Å². The Labute approximate surface area is 130 Å². The van der Waals surface area contributed by atoms with E-state index in [0.29, 0.717) is 6.54 Å². The van der Waals surface area contributed by atoms with Gasteiger partial charge in [-0.05, 0) is 48.5 Å². The van der Waals surface area contributed by atoms with Gasteiger partial charge >= 0.3 is 0 Å². The fourth-order valence-electron chi connectivity index (χ4n) is 2.36. The summed E-state index contributed by atoms with van der Waals surface area (Å²) >= 11 is 1.76. The zero-order valence-electron chi connectivity index (χ0n) is 11.1.